The highest BCUT2D eigenvalue weighted by Gasteiger charge is 2.40. The topological polar surface area (TPSA) is 63.6 Å². The van der Waals surface area contributed by atoms with Gasteiger partial charge < -0.3 is 19.5 Å². The fourth-order valence-corrected chi connectivity index (χ4v) is 4.83. The van der Waals surface area contributed by atoms with Crippen LogP contribution in [0, 0.1) is 5.92 Å². The number of likely N-dealkylation sites (tertiary alicyclic amines) is 1. The Morgan fingerprint density at radius 3 is 2.76 bits per heavy atom. The molecular weight excluding hydrogens is 366 g/mol. The van der Waals surface area contributed by atoms with Gasteiger partial charge in [0.2, 0.25) is 0 Å². The molecule has 1 fully saturated rings. The highest BCUT2D eigenvalue weighted by Crippen LogP contribution is 2.40. The fourth-order valence-electron chi connectivity index (χ4n) is 4.83. The van der Waals surface area contributed by atoms with Crippen molar-refractivity contribution in [3.05, 3.63) is 64.6 Å². The molecule has 1 amide bonds. The molecule has 2 aliphatic rings. The van der Waals surface area contributed by atoms with Crippen molar-refractivity contribution < 1.29 is 9.53 Å². The van der Waals surface area contributed by atoms with Crippen LogP contribution in [0.25, 0.3) is 0 Å². The van der Waals surface area contributed by atoms with Gasteiger partial charge in [0.15, 0.2) is 6.61 Å². The van der Waals surface area contributed by atoms with E-state index in [1.165, 1.54) is 0 Å². The number of rotatable bonds is 7. The van der Waals surface area contributed by atoms with E-state index in [9.17, 15) is 9.59 Å². The molecule has 1 aromatic heterocycles. The van der Waals surface area contributed by atoms with E-state index < -0.39 is 0 Å². The first kappa shape index (κ1) is 19.7. The Kier molecular flexibility index (Phi) is 6.00. The van der Waals surface area contributed by atoms with Gasteiger partial charge in [-0.05, 0) is 43.5 Å². The van der Waals surface area contributed by atoms with E-state index in [0.717, 1.165) is 38.2 Å². The molecule has 2 aromatic rings. The van der Waals surface area contributed by atoms with Crippen LogP contribution in [-0.2, 0) is 4.79 Å². The van der Waals surface area contributed by atoms with Gasteiger partial charge in [0.05, 0.1) is 6.04 Å². The number of carbonyl (C=O) groups excluding carboxylic acids is 1. The number of carbonyl (C=O) groups is 1. The number of nitrogens with one attached hydrogen (secondary N) is 1. The maximum Gasteiger partial charge on any atom is 0.258 e. The van der Waals surface area contributed by atoms with Gasteiger partial charge in [0.1, 0.15) is 5.75 Å². The minimum Gasteiger partial charge on any atom is -0.484 e. The molecule has 2 aliphatic heterocycles. The average molecular weight is 396 g/mol. The number of benzene rings is 1. The largest absolute Gasteiger partial charge is 0.484 e. The molecule has 0 aliphatic carbocycles. The SMILES string of the molecule is CCCN1C[C@H]2C[C@@H](C1)[C@H](CNC(=O)COc1ccccc1)n1c2cccc1=O. The number of pyridine rings is 1. The van der Waals surface area contributed by atoms with Crippen molar-refractivity contribution in [2.24, 2.45) is 5.92 Å². The summed E-state index contributed by atoms with van der Waals surface area (Å²) in [6, 6.07) is 14.9. The molecule has 4 rings (SSSR count). The van der Waals surface area contributed by atoms with Gasteiger partial charge in [-0.1, -0.05) is 31.2 Å². The average Bonchev–Trinajstić information content (AvgIpc) is 2.73. The first-order valence-electron chi connectivity index (χ1n) is 10.5. The van der Waals surface area contributed by atoms with Crippen LogP contribution >= 0.6 is 0 Å². The van der Waals surface area contributed by atoms with E-state index >= 15 is 0 Å². The number of para-hydroxylation sites is 1. The fraction of sp³-hybridized carbons (Fsp3) is 0.478. The standard InChI is InChI=1S/C23H29N3O3/c1-2-11-25-14-17-12-18(15-25)21(26-20(17)9-6-10-23(26)28)13-24-22(27)16-29-19-7-4-3-5-8-19/h3-10,17-18,21H,2,11-16H2,1H3,(H,24,27)/t17-,18+,21+/m1/s1. The van der Waals surface area contributed by atoms with Gasteiger partial charge in [0.25, 0.3) is 11.5 Å². The summed E-state index contributed by atoms with van der Waals surface area (Å²) in [4.78, 5) is 27.5. The molecule has 3 heterocycles. The van der Waals surface area contributed by atoms with E-state index in [0.29, 0.717) is 24.1 Å². The first-order valence-corrected chi connectivity index (χ1v) is 10.5. The highest BCUT2D eigenvalue weighted by molar-refractivity contribution is 5.77. The van der Waals surface area contributed by atoms with Crippen molar-refractivity contribution in [3.63, 3.8) is 0 Å². The summed E-state index contributed by atoms with van der Waals surface area (Å²) >= 11 is 0. The number of aromatic nitrogens is 1. The number of hydrogen-bond donors (Lipinski definition) is 1. The lowest BCUT2D eigenvalue weighted by atomic mass is 9.78. The molecular formula is C23H29N3O3. The zero-order chi connectivity index (χ0) is 20.2. The molecule has 29 heavy (non-hydrogen) atoms. The number of hydrogen-bond acceptors (Lipinski definition) is 4. The molecule has 1 saturated heterocycles. The first-order chi connectivity index (χ1) is 14.2. The second kappa shape index (κ2) is 8.82. The summed E-state index contributed by atoms with van der Waals surface area (Å²) in [5.74, 6) is 1.26. The van der Waals surface area contributed by atoms with Gasteiger partial charge in [-0.25, -0.2) is 0 Å². The Balaban J connectivity index is 1.46. The normalized spacial score (nSPS) is 23.3. The third-order valence-electron chi connectivity index (χ3n) is 6.04. The number of nitrogens with zero attached hydrogens (tertiary/aromatic N) is 2. The highest BCUT2D eigenvalue weighted by atomic mass is 16.5. The molecule has 1 N–H and O–H groups in total. The lowest BCUT2D eigenvalue weighted by Crippen LogP contribution is -2.52. The zero-order valence-electron chi connectivity index (χ0n) is 16.9. The number of piperidine rings is 1. The molecule has 1 aromatic carbocycles. The smallest absolute Gasteiger partial charge is 0.258 e. The predicted molar refractivity (Wildman–Crippen MR) is 112 cm³/mol. The molecule has 0 unspecified atom stereocenters. The van der Waals surface area contributed by atoms with Gasteiger partial charge >= 0.3 is 0 Å². The zero-order valence-corrected chi connectivity index (χ0v) is 16.9. The Morgan fingerprint density at radius 2 is 1.97 bits per heavy atom. The van der Waals surface area contributed by atoms with E-state index in [1.807, 2.05) is 41.0 Å². The number of fused-ring (bicyclic) bond motifs is 4. The maximum atomic E-state index is 12.7. The van der Waals surface area contributed by atoms with Crippen molar-refractivity contribution in [2.45, 2.75) is 31.7 Å². The van der Waals surface area contributed by atoms with Gasteiger partial charge in [-0.15, -0.1) is 0 Å². The van der Waals surface area contributed by atoms with Crippen LogP contribution in [0.5, 0.6) is 5.75 Å². The summed E-state index contributed by atoms with van der Waals surface area (Å²) in [5.41, 5.74) is 1.13. The van der Waals surface area contributed by atoms with Crippen molar-refractivity contribution in [1.29, 1.82) is 0 Å². The number of ether oxygens (including phenoxy) is 1. The third-order valence-corrected chi connectivity index (χ3v) is 6.04. The summed E-state index contributed by atoms with van der Waals surface area (Å²) < 4.78 is 7.47. The molecule has 6 nitrogen and oxygen atoms in total. The summed E-state index contributed by atoms with van der Waals surface area (Å²) in [5, 5.41) is 3.00. The van der Waals surface area contributed by atoms with Crippen LogP contribution in [0.4, 0.5) is 0 Å². The van der Waals surface area contributed by atoms with E-state index in [4.69, 9.17) is 4.74 Å². The van der Waals surface area contributed by atoms with Gasteiger partial charge in [-0.3, -0.25) is 9.59 Å². The molecule has 0 radical (unpaired) electrons. The Bertz CT molecular complexity index is 896. The second-order valence-corrected chi connectivity index (χ2v) is 8.08. The van der Waals surface area contributed by atoms with Crippen LogP contribution in [0.1, 0.15) is 37.4 Å². The molecule has 6 heteroatoms. The Labute approximate surface area is 171 Å². The summed E-state index contributed by atoms with van der Waals surface area (Å²) in [6.45, 7) is 5.69. The lowest BCUT2D eigenvalue weighted by molar-refractivity contribution is -0.123. The Morgan fingerprint density at radius 1 is 1.14 bits per heavy atom. The summed E-state index contributed by atoms with van der Waals surface area (Å²) in [7, 11) is 0. The third kappa shape index (κ3) is 4.37. The minimum atomic E-state index is -0.164. The van der Waals surface area contributed by atoms with Crippen LogP contribution < -0.4 is 15.6 Å². The van der Waals surface area contributed by atoms with Crippen molar-refractivity contribution >= 4 is 5.91 Å². The van der Waals surface area contributed by atoms with E-state index in [2.05, 4.69) is 23.2 Å². The lowest BCUT2D eigenvalue weighted by Gasteiger charge is -2.47. The van der Waals surface area contributed by atoms with Gasteiger partial charge in [-0.2, -0.15) is 0 Å². The maximum absolute atomic E-state index is 12.7. The van der Waals surface area contributed by atoms with Crippen LogP contribution in [0.2, 0.25) is 0 Å². The van der Waals surface area contributed by atoms with Crippen molar-refractivity contribution in [2.75, 3.05) is 32.8 Å². The quantitative estimate of drug-likeness (QED) is 0.782. The predicted octanol–water partition coefficient (Wildman–Crippen LogP) is 2.41. The minimum absolute atomic E-state index is 0.0183. The van der Waals surface area contributed by atoms with Crippen LogP contribution in [0.15, 0.2) is 53.3 Å². The molecule has 154 valence electrons. The molecule has 3 atom stereocenters. The Hall–Kier alpha value is -2.60. The summed E-state index contributed by atoms with van der Waals surface area (Å²) in [6.07, 6.45) is 2.20. The monoisotopic (exact) mass is 395 g/mol. The van der Waals surface area contributed by atoms with Crippen LogP contribution in [0.3, 0.4) is 0 Å². The van der Waals surface area contributed by atoms with Crippen LogP contribution in [-0.4, -0.2) is 48.2 Å². The van der Waals surface area contributed by atoms with Crippen molar-refractivity contribution in [1.82, 2.24) is 14.8 Å². The number of amides is 1. The van der Waals surface area contributed by atoms with Gasteiger partial charge in [0, 0.05) is 37.3 Å². The van der Waals surface area contributed by atoms with E-state index in [1.54, 1.807) is 6.07 Å². The molecule has 2 bridgehead atoms. The second-order valence-electron chi connectivity index (χ2n) is 8.08. The molecule has 0 spiro atoms. The molecule has 0 saturated carbocycles. The van der Waals surface area contributed by atoms with E-state index in [-0.39, 0.29) is 24.1 Å². The van der Waals surface area contributed by atoms with Crippen molar-refractivity contribution in [3.8, 4) is 5.75 Å².